The molecule has 0 saturated heterocycles. The summed E-state index contributed by atoms with van der Waals surface area (Å²) in [5.74, 6) is -0.000691. The topological polar surface area (TPSA) is 59.4 Å². The number of carbonyl (C=O) groups is 1. The Kier molecular flexibility index (Phi) is 3.89. The zero-order chi connectivity index (χ0) is 16.0. The van der Waals surface area contributed by atoms with Crippen molar-refractivity contribution >= 4 is 22.9 Å². The highest BCUT2D eigenvalue weighted by atomic mass is 32.1. The van der Waals surface area contributed by atoms with Gasteiger partial charge in [-0.2, -0.15) is 0 Å². The Hall–Kier alpha value is -1.20. The number of hydrogen-bond donors (Lipinski definition) is 1. The largest absolute Gasteiger partial charge is 0.460 e. The molecular weight excluding hydrogens is 298 g/mol. The second kappa shape index (κ2) is 5.46. The Morgan fingerprint density at radius 1 is 1.50 bits per heavy atom. The molecule has 1 heterocycles. The number of fused-ring (bicyclic) bond motifs is 2. The Morgan fingerprint density at radius 3 is 2.82 bits per heavy atom. The van der Waals surface area contributed by atoms with E-state index >= 15 is 0 Å². The Morgan fingerprint density at radius 2 is 2.27 bits per heavy atom. The maximum atomic E-state index is 12.1. The summed E-state index contributed by atoms with van der Waals surface area (Å²) in [5, 5.41) is 14.0. The van der Waals surface area contributed by atoms with Crippen molar-refractivity contribution in [1.82, 2.24) is 4.98 Å². The van der Waals surface area contributed by atoms with Crippen LogP contribution in [0.3, 0.4) is 0 Å². The molecule has 1 fully saturated rings. The van der Waals surface area contributed by atoms with Gasteiger partial charge >= 0.3 is 5.97 Å². The van der Waals surface area contributed by atoms with E-state index in [1.54, 1.807) is 11.3 Å². The van der Waals surface area contributed by atoms with Gasteiger partial charge in [-0.25, -0.2) is 4.98 Å². The van der Waals surface area contributed by atoms with Crippen LogP contribution in [-0.2, 0) is 9.53 Å². The molecule has 4 nitrogen and oxygen atoms in total. The van der Waals surface area contributed by atoms with Crippen molar-refractivity contribution in [3.05, 3.63) is 22.7 Å². The molecule has 0 radical (unpaired) electrons. The van der Waals surface area contributed by atoms with Gasteiger partial charge in [0.2, 0.25) is 0 Å². The first-order chi connectivity index (χ1) is 10.3. The predicted molar refractivity (Wildman–Crippen MR) is 86.3 cm³/mol. The molecule has 3 aliphatic carbocycles. The van der Waals surface area contributed by atoms with Crippen LogP contribution in [0.25, 0.3) is 5.57 Å². The van der Waals surface area contributed by atoms with Crippen LogP contribution in [-0.4, -0.2) is 27.3 Å². The zero-order valence-electron chi connectivity index (χ0n) is 13.3. The number of carbonyl (C=O) groups excluding carboxylic acids is 1. The highest BCUT2D eigenvalue weighted by Crippen LogP contribution is 2.51. The third-order valence-corrected chi connectivity index (χ3v) is 5.31. The van der Waals surface area contributed by atoms with E-state index in [0.29, 0.717) is 12.3 Å². The van der Waals surface area contributed by atoms with E-state index in [0.717, 1.165) is 17.8 Å². The first-order valence-corrected chi connectivity index (χ1v) is 8.71. The van der Waals surface area contributed by atoms with E-state index in [4.69, 9.17) is 4.74 Å². The van der Waals surface area contributed by atoms with Crippen LogP contribution in [0.2, 0.25) is 0 Å². The number of thiazole rings is 1. The molecule has 1 aromatic heterocycles. The monoisotopic (exact) mass is 321 g/mol. The minimum Gasteiger partial charge on any atom is -0.460 e. The number of aliphatic hydroxyl groups is 1. The highest BCUT2D eigenvalue weighted by Gasteiger charge is 2.48. The predicted octanol–water partition coefficient (Wildman–Crippen LogP) is 3.42. The molecule has 1 aromatic rings. The molecule has 0 amide bonds. The fourth-order valence-corrected chi connectivity index (χ4v) is 4.37. The molecule has 1 saturated carbocycles. The minimum absolute atomic E-state index is 0.0175. The van der Waals surface area contributed by atoms with Crippen LogP contribution < -0.4 is 0 Å². The third-order valence-electron chi connectivity index (χ3n) is 4.49. The van der Waals surface area contributed by atoms with Gasteiger partial charge in [0, 0.05) is 17.5 Å². The summed E-state index contributed by atoms with van der Waals surface area (Å²) in [4.78, 5) is 16.5. The summed E-state index contributed by atoms with van der Waals surface area (Å²) in [5.41, 5.74) is -0.227. The van der Waals surface area contributed by atoms with E-state index in [1.807, 2.05) is 32.3 Å². The van der Waals surface area contributed by atoms with Crippen molar-refractivity contribution < 1.29 is 14.6 Å². The fraction of sp³-hybridized carbons (Fsp3) is 0.647. The maximum absolute atomic E-state index is 12.1. The van der Waals surface area contributed by atoms with E-state index in [9.17, 15) is 9.90 Å². The van der Waals surface area contributed by atoms with E-state index in [2.05, 4.69) is 11.1 Å². The van der Waals surface area contributed by atoms with Gasteiger partial charge in [-0.1, -0.05) is 6.08 Å². The molecule has 3 aliphatic rings. The SMILES string of the molecule is CC(C)(C)OC(=O)C[C@]1(O)C[C@H]2CC[C@@H]1C=C2c1nccs1. The summed E-state index contributed by atoms with van der Waals surface area (Å²) < 4.78 is 5.38. The van der Waals surface area contributed by atoms with Crippen molar-refractivity contribution in [2.45, 2.75) is 57.7 Å². The smallest absolute Gasteiger partial charge is 0.309 e. The van der Waals surface area contributed by atoms with Crippen molar-refractivity contribution in [2.75, 3.05) is 0 Å². The van der Waals surface area contributed by atoms with Gasteiger partial charge in [0.15, 0.2) is 0 Å². The average Bonchev–Trinajstić information content (AvgIpc) is 2.89. The first kappa shape index (κ1) is 15.7. The van der Waals surface area contributed by atoms with E-state index in [-0.39, 0.29) is 18.3 Å². The van der Waals surface area contributed by atoms with Crippen LogP contribution in [0.5, 0.6) is 0 Å². The molecule has 1 N–H and O–H groups in total. The summed E-state index contributed by atoms with van der Waals surface area (Å²) >= 11 is 1.64. The average molecular weight is 321 g/mol. The van der Waals surface area contributed by atoms with Crippen molar-refractivity contribution in [3.63, 3.8) is 0 Å². The van der Waals surface area contributed by atoms with Gasteiger partial charge in [0.05, 0.1) is 12.0 Å². The maximum Gasteiger partial charge on any atom is 0.309 e. The summed E-state index contributed by atoms with van der Waals surface area (Å²) in [7, 11) is 0. The third kappa shape index (κ3) is 3.10. The normalized spacial score (nSPS) is 31.0. The number of rotatable bonds is 3. The number of ether oxygens (including phenoxy) is 1. The molecule has 0 aromatic carbocycles. The zero-order valence-corrected chi connectivity index (χ0v) is 14.2. The molecule has 2 bridgehead atoms. The van der Waals surface area contributed by atoms with Gasteiger partial charge < -0.3 is 9.84 Å². The van der Waals surface area contributed by atoms with Crippen molar-refractivity contribution in [1.29, 1.82) is 0 Å². The summed E-state index contributed by atoms with van der Waals surface area (Å²) in [6, 6.07) is 0. The number of esters is 1. The van der Waals surface area contributed by atoms with Gasteiger partial charge in [0.25, 0.3) is 0 Å². The van der Waals surface area contributed by atoms with Crippen LogP contribution in [0.1, 0.15) is 51.5 Å². The van der Waals surface area contributed by atoms with Crippen molar-refractivity contribution in [2.24, 2.45) is 11.8 Å². The van der Waals surface area contributed by atoms with Crippen LogP contribution in [0.4, 0.5) is 0 Å². The highest BCUT2D eigenvalue weighted by molar-refractivity contribution is 7.10. The van der Waals surface area contributed by atoms with Crippen LogP contribution in [0.15, 0.2) is 17.7 Å². The van der Waals surface area contributed by atoms with Gasteiger partial charge in [-0.05, 0) is 51.5 Å². The molecule has 5 heteroatoms. The quantitative estimate of drug-likeness (QED) is 0.867. The minimum atomic E-state index is -0.966. The lowest BCUT2D eigenvalue weighted by atomic mass is 9.62. The number of allylic oxidation sites excluding steroid dienone is 1. The second-order valence-corrected chi connectivity index (χ2v) is 8.31. The number of aromatic nitrogens is 1. The Balaban J connectivity index is 1.76. The van der Waals surface area contributed by atoms with Gasteiger partial charge in [-0.3, -0.25) is 4.79 Å². The lowest BCUT2D eigenvalue weighted by molar-refractivity contribution is -0.164. The van der Waals surface area contributed by atoms with E-state index in [1.165, 1.54) is 5.57 Å². The van der Waals surface area contributed by atoms with Gasteiger partial charge in [0.1, 0.15) is 10.6 Å². The standard InChI is InChI=1S/C17H23NO3S/c1-16(2,3)21-14(19)10-17(20)9-11-4-5-12(17)8-13(11)15-18-6-7-22-15/h6-8,11-12,20H,4-5,9-10H2,1-3H3/t11-,12-,17-/m1/s1. The van der Waals surface area contributed by atoms with Crippen molar-refractivity contribution in [3.8, 4) is 0 Å². The molecule has 3 atom stereocenters. The lowest BCUT2D eigenvalue weighted by Gasteiger charge is -2.47. The Bertz CT molecular complexity index is 588. The molecule has 0 aliphatic heterocycles. The molecule has 0 spiro atoms. The molecule has 120 valence electrons. The second-order valence-electron chi connectivity index (χ2n) is 7.41. The van der Waals surface area contributed by atoms with Crippen LogP contribution in [0, 0.1) is 11.8 Å². The number of nitrogens with zero attached hydrogens (tertiary/aromatic N) is 1. The van der Waals surface area contributed by atoms with Gasteiger partial charge in [-0.15, -0.1) is 11.3 Å². The van der Waals surface area contributed by atoms with E-state index < -0.39 is 11.2 Å². The first-order valence-electron chi connectivity index (χ1n) is 7.83. The molecule has 0 unspecified atom stereocenters. The molecular formula is C17H23NO3S. The Labute approximate surface area is 135 Å². The summed E-state index contributed by atoms with van der Waals surface area (Å²) in [6.45, 7) is 5.55. The fourth-order valence-electron chi connectivity index (χ4n) is 3.63. The van der Waals surface area contributed by atoms with Crippen LogP contribution >= 0.6 is 11.3 Å². The molecule has 22 heavy (non-hydrogen) atoms. The molecule has 4 rings (SSSR count). The summed E-state index contributed by atoms with van der Waals surface area (Å²) in [6.07, 6.45) is 6.65. The lowest BCUT2D eigenvalue weighted by Crippen LogP contribution is -2.48. The number of hydrogen-bond acceptors (Lipinski definition) is 5.